The van der Waals surface area contributed by atoms with E-state index >= 15 is 0 Å². The molecule has 2 heteroatoms. The van der Waals surface area contributed by atoms with Gasteiger partial charge in [0.05, 0.1) is 0 Å². The molecule has 0 saturated carbocycles. The second-order valence-electron chi connectivity index (χ2n) is 5.07. The van der Waals surface area contributed by atoms with Crippen molar-refractivity contribution in [2.24, 2.45) is 0 Å². The first kappa shape index (κ1) is 15.6. The average Bonchev–Trinajstić information content (AvgIpc) is 2.36. The van der Waals surface area contributed by atoms with Gasteiger partial charge in [-0.25, -0.2) is 0 Å². The molecule has 1 aromatic carbocycles. The van der Waals surface area contributed by atoms with Crippen LogP contribution in [-0.4, -0.2) is 18.6 Å². The Bertz CT molecular complexity index is 349. The van der Waals surface area contributed by atoms with E-state index in [-0.39, 0.29) is 0 Å². The number of hydrogen-bond donors (Lipinski definition) is 1. The topological polar surface area (TPSA) is 12.0 Å². The molecule has 0 amide bonds. The van der Waals surface area contributed by atoms with Crippen LogP contribution in [0, 0.1) is 13.8 Å². The van der Waals surface area contributed by atoms with Crippen molar-refractivity contribution in [3.63, 3.8) is 0 Å². The summed E-state index contributed by atoms with van der Waals surface area (Å²) in [5, 5.41) is 3.62. The standard InChI is InChI=1S/C16H27NS/c1-13-8-9-16(12-14(13)2)15(3)17-10-6-5-7-11-18-4/h8-9,12,15,17H,5-7,10-11H2,1-4H3. The van der Waals surface area contributed by atoms with Gasteiger partial charge in [-0.1, -0.05) is 24.6 Å². The van der Waals surface area contributed by atoms with Crippen LogP contribution in [0.2, 0.25) is 0 Å². The van der Waals surface area contributed by atoms with Crippen molar-refractivity contribution in [1.29, 1.82) is 0 Å². The summed E-state index contributed by atoms with van der Waals surface area (Å²) in [7, 11) is 0. The maximum Gasteiger partial charge on any atom is 0.0291 e. The molecule has 0 aliphatic rings. The first-order chi connectivity index (χ1) is 8.65. The molecule has 1 N–H and O–H groups in total. The van der Waals surface area contributed by atoms with E-state index in [1.54, 1.807) is 0 Å². The van der Waals surface area contributed by atoms with Crippen molar-refractivity contribution >= 4 is 11.8 Å². The Morgan fingerprint density at radius 2 is 1.89 bits per heavy atom. The Kier molecular flexibility index (Phi) is 7.45. The fraction of sp³-hybridized carbons (Fsp3) is 0.625. The monoisotopic (exact) mass is 265 g/mol. The SMILES string of the molecule is CSCCCCCNC(C)c1ccc(C)c(C)c1. The number of aryl methyl sites for hydroxylation is 2. The summed E-state index contributed by atoms with van der Waals surface area (Å²) in [6.45, 7) is 7.74. The van der Waals surface area contributed by atoms with Gasteiger partial charge in [-0.15, -0.1) is 0 Å². The largest absolute Gasteiger partial charge is 0.310 e. The van der Waals surface area contributed by atoms with Crippen LogP contribution in [0.3, 0.4) is 0 Å². The molecule has 1 rings (SSSR count). The number of hydrogen-bond acceptors (Lipinski definition) is 2. The zero-order chi connectivity index (χ0) is 13.4. The number of benzene rings is 1. The van der Waals surface area contributed by atoms with Crippen LogP contribution in [0.4, 0.5) is 0 Å². The summed E-state index contributed by atoms with van der Waals surface area (Å²) in [6.07, 6.45) is 6.16. The lowest BCUT2D eigenvalue weighted by Gasteiger charge is -2.15. The fourth-order valence-electron chi connectivity index (χ4n) is 2.02. The van der Waals surface area contributed by atoms with Crippen LogP contribution in [0.5, 0.6) is 0 Å². The van der Waals surface area contributed by atoms with E-state index in [1.165, 1.54) is 41.7 Å². The van der Waals surface area contributed by atoms with Crippen LogP contribution in [-0.2, 0) is 0 Å². The highest BCUT2D eigenvalue weighted by molar-refractivity contribution is 7.98. The molecular formula is C16H27NS. The Morgan fingerprint density at radius 3 is 2.56 bits per heavy atom. The first-order valence-corrected chi connectivity index (χ1v) is 8.34. The lowest BCUT2D eigenvalue weighted by Crippen LogP contribution is -2.20. The van der Waals surface area contributed by atoms with E-state index in [4.69, 9.17) is 0 Å². The normalized spacial score (nSPS) is 12.7. The third-order valence-electron chi connectivity index (χ3n) is 3.51. The number of rotatable bonds is 8. The Labute approximate surface area is 117 Å². The molecule has 1 aromatic rings. The van der Waals surface area contributed by atoms with Crippen LogP contribution >= 0.6 is 11.8 Å². The van der Waals surface area contributed by atoms with Crippen LogP contribution in [0.25, 0.3) is 0 Å². The number of thioether (sulfide) groups is 1. The minimum atomic E-state index is 0.463. The van der Waals surface area contributed by atoms with Gasteiger partial charge in [0.1, 0.15) is 0 Å². The van der Waals surface area contributed by atoms with Gasteiger partial charge in [-0.2, -0.15) is 11.8 Å². The molecule has 1 nitrogen and oxygen atoms in total. The third kappa shape index (κ3) is 5.45. The van der Waals surface area contributed by atoms with Gasteiger partial charge in [0.15, 0.2) is 0 Å². The molecule has 18 heavy (non-hydrogen) atoms. The Hall–Kier alpha value is -0.470. The molecule has 0 bridgehead atoms. The molecule has 0 saturated heterocycles. The zero-order valence-corrected chi connectivity index (χ0v) is 13.1. The second kappa shape index (κ2) is 8.60. The van der Waals surface area contributed by atoms with Gasteiger partial charge in [-0.3, -0.25) is 0 Å². The van der Waals surface area contributed by atoms with Crippen molar-refractivity contribution in [1.82, 2.24) is 5.32 Å². The van der Waals surface area contributed by atoms with E-state index in [1.807, 2.05) is 11.8 Å². The van der Waals surface area contributed by atoms with Gasteiger partial charge >= 0.3 is 0 Å². The molecule has 1 unspecified atom stereocenters. The van der Waals surface area contributed by atoms with E-state index in [0.29, 0.717) is 6.04 Å². The lowest BCUT2D eigenvalue weighted by atomic mass is 10.0. The van der Waals surface area contributed by atoms with Crippen molar-refractivity contribution < 1.29 is 0 Å². The molecule has 0 aliphatic heterocycles. The summed E-state index contributed by atoms with van der Waals surface area (Å²) >= 11 is 1.95. The van der Waals surface area contributed by atoms with E-state index < -0.39 is 0 Å². The fourth-order valence-corrected chi connectivity index (χ4v) is 2.51. The number of unbranched alkanes of at least 4 members (excludes halogenated alkanes) is 2. The predicted octanol–water partition coefficient (Wildman–Crippen LogP) is 4.49. The molecule has 0 aliphatic carbocycles. The maximum absolute atomic E-state index is 3.62. The summed E-state index contributed by atoms with van der Waals surface area (Å²) in [5.41, 5.74) is 4.17. The third-order valence-corrected chi connectivity index (χ3v) is 4.20. The summed E-state index contributed by atoms with van der Waals surface area (Å²) < 4.78 is 0. The van der Waals surface area contributed by atoms with Crippen LogP contribution in [0.1, 0.15) is 48.9 Å². The average molecular weight is 265 g/mol. The minimum Gasteiger partial charge on any atom is -0.310 e. The highest BCUT2D eigenvalue weighted by Gasteiger charge is 2.05. The van der Waals surface area contributed by atoms with Gasteiger partial charge in [0, 0.05) is 6.04 Å². The zero-order valence-electron chi connectivity index (χ0n) is 12.3. The van der Waals surface area contributed by atoms with E-state index in [9.17, 15) is 0 Å². The van der Waals surface area contributed by atoms with Gasteiger partial charge < -0.3 is 5.32 Å². The highest BCUT2D eigenvalue weighted by Crippen LogP contribution is 2.16. The molecule has 0 fully saturated rings. The summed E-state index contributed by atoms with van der Waals surface area (Å²) in [5.74, 6) is 1.30. The number of nitrogens with one attached hydrogen (secondary N) is 1. The van der Waals surface area contributed by atoms with Gasteiger partial charge in [-0.05, 0) is 68.9 Å². The highest BCUT2D eigenvalue weighted by atomic mass is 32.2. The van der Waals surface area contributed by atoms with E-state index in [2.05, 4.69) is 50.5 Å². The van der Waals surface area contributed by atoms with Crippen molar-refractivity contribution in [2.45, 2.75) is 46.1 Å². The van der Waals surface area contributed by atoms with Crippen molar-refractivity contribution in [3.8, 4) is 0 Å². The minimum absolute atomic E-state index is 0.463. The summed E-state index contributed by atoms with van der Waals surface area (Å²) in [4.78, 5) is 0. The lowest BCUT2D eigenvalue weighted by molar-refractivity contribution is 0.544. The summed E-state index contributed by atoms with van der Waals surface area (Å²) in [6, 6.07) is 7.24. The molecule has 0 heterocycles. The van der Waals surface area contributed by atoms with Crippen molar-refractivity contribution in [2.75, 3.05) is 18.6 Å². The van der Waals surface area contributed by atoms with Crippen LogP contribution in [0.15, 0.2) is 18.2 Å². The molecule has 0 radical (unpaired) electrons. The van der Waals surface area contributed by atoms with Crippen LogP contribution < -0.4 is 5.32 Å². The maximum atomic E-state index is 3.62. The van der Waals surface area contributed by atoms with E-state index in [0.717, 1.165) is 6.54 Å². The quantitative estimate of drug-likeness (QED) is 0.695. The second-order valence-corrected chi connectivity index (χ2v) is 6.06. The van der Waals surface area contributed by atoms with Gasteiger partial charge in [0.25, 0.3) is 0 Å². The molecule has 1 atom stereocenters. The molecule has 0 aromatic heterocycles. The molecular weight excluding hydrogens is 238 g/mol. The Balaban J connectivity index is 2.27. The van der Waals surface area contributed by atoms with Crippen molar-refractivity contribution in [3.05, 3.63) is 34.9 Å². The first-order valence-electron chi connectivity index (χ1n) is 6.94. The smallest absolute Gasteiger partial charge is 0.0291 e. The predicted molar refractivity (Wildman–Crippen MR) is 84.6 cm³/mol. The Morgan fingerprint density at radius 1 is 1.11 bits per heavy atom. The molecule has 0 spiro atoms. The van der Waals surface area contributed by atoms with Gasteiger partial charge in [0.2, 0.25) is 0 Å². The molecule has 102 valence electrons.